The number of nitrogens with zero attached hydrogens (tertiary/aromatic N) is 5. The maximum absolute atomic E-state index is 12.6. The molecule has 7 nitrogen and oxygen atoms in total. The van der Waals surface area contributed by atoms with Crippen molar-refractivity contribution >= 4 is 11.9 Å². The third-order valence-corrected chi connectivity index (χ3v) is 5.59. The summed E-state index contributed by atoms with van der Waals surface area (Å²) in [4.78, 5) is 30.1. The van der Waals surface area contributed by atoms with E-state index >= 15 is 0 Å². The zero-order chi connectivity index (χ0) is 18.6. The molecule has 142 valence electrons. The van der Waals surface area contributed by atoms with Crippen molar-refractivity contribution in [1.29, 1.82) is 0 Å². The van der Waals surface area contributed by atoms with Crippen LogP contribution in [-0.4, -0.2) is 58.5 Å². The highest BCUT2D eigenvalue weighted by Crippen LogP contribution is 2.32. The Morgan fingerprint density at radius 3 is 2.93 bits per heavy atom. The van der Waals surface area contributed by atoms with E-state index in [1.54, 1.807) is 19.4 Å². The van der Waals surface area contributed by atoms with Gasteiger partial charge in [-0.25, -0.2) is 4.98 Å². The smallest absolute Gasteiger partial charge is 0.228 e. The molecule has 2 aromatic rings. The number of anilines is 1. The molecule has 7 heteroatoms. The van der Waals surface area contributed by atoms with Crippen LogP contribution in [0, 0.1) is 5.92 Å². The van der Waals surface area contributed by atoms with Crippen molar-refractivity contribution in [2.24, 2.45) is 5.92 Å². The van der Waals surface area contributed by atoms with E-state index in [2.05, 4.69) is 24.8 Å². The number of piperidine rings is 2. The van der Waals surface area contributed by atoms with Crippen LogP contribution in [0.2, 0.25) is 0 Å². The van der Waals surface area contributed by atoms with Gasteiger partial charge in [-0.05, 0) is 30.9 Å². The lowest BCUT2D eigenvalue weighted by Gasteiger charge is -2.47. The fraction of sp³-hybridized carbons (Fsp3) is 0.500. The number of pyridine rings is 1. The molecule has 0 unspecified atom stereocenters. The third kappa shape index (κ3) is 3.86. The molecule has 0 N–H and O–H groups in total. The van der Waals surface area contributed by atoms with Gasteiger partial charge in [-0.15, -0.1) is 0 Å². The lowest BCUT2D eigenvalue weighted by atomic mass is 9.83. The summed E-state index contributed by atoms with van der Waals surface area (Å²) in [6.07, 6.45) is 6.84. The number of methoxy groups -OCH3 is 1. The van der Waals surface area contributed by atoms with Gasteiger partial charge in [0.2, 0.25) is 17.7 Å². The molecule has 2 fully saturated rings. The zero-order valence-electron chi connectivity index (χ0n) is 15.6. The van der Waals surface area contributed by atoms with Gasteiger partial charge in [-0.2, -0.15) is 4.98 Å². The van der Waals surface area contributed by atoms with Crippen LogP contribution < -0.4 is 9.64 Å². The van der Waals surface area contributed by atoms with Gasteiger partial charge in [-0.1, -0.05) is 6.07 Å². The Bertz CT molecular complexity index is 785. The maximum Gasteiger partial charge on any atom is 0.228 e. The number of carbonyl (C=O) groups excluding carboxylic acids is 1. The molecule has 0 aromatic carbocycles. The highest BCUT2D eigenvalue weighted by Gasteiger charge is 2.39. The predicted octanol–water partition coefficient (Wildman–Crippen LogP) is 1.94. The molecule has 0 saturated carbocycles. The van der Waals surface area contributed by atoms with Crippen molar-refractivity contribution in [3.05, 3.63) is 42.4 Å². The number of hydrogen-bond donors (Lipinski definition) is 0. The van der Waals surface area contributed by atoms with Gasteiger partial charge in [-0.3, -0.25) is 9.78 Å². The fourth-order valence-electron chi connectivity index (χ4n) is 4.20. The van der Waals surface area contributed by atoms with Crippen LogP contribution in [0.5, 0.6) is 5.88 Å². The minimum absolute atomic E-state index is 0.276. The molecule has 2 atom stereocenters. The zero-order valence-corrected chi connectivity index (χ0v) is 15.6. The fourth-order valence-corrected chi connectivity index (χ4v) is 4.20. The first kappa shape index (κ1) is 17.7. The average molecular weight is 367 g/mol. The van der Waals surface area contributed by atoms with Gasteiger partial charge in [0.1, 0.15) is 0 Å². The Labute approximate surface area is 159 Å². The monoisotopic (exact) mass is 367 g/mol. The second-order valence-corrected chi connectivity index (χ2v) is 7.16. The first-order valence-corrected chi connectivity index (χ1v) is 9.56. The van der Waals surface area contributed by atoms with E-state index in [1.165, 1.54) is 0 Å². The van der Waals surface area contributed by atoms with E-state index in [0.29, 0.717) is 30.2 Å². The Morgan fingerprint density at radius 1 is 1.19 bits per heavy atom. The molecule has 2 aromatic heterocycles. The van der Waals surface area contributed by atoms with Gasteiger partial charge < -0.3 is 14.5 Å². The largest absolute Gasteiger partial charge is 0.481 e. The summed E-state index contributed by atoms with van der Waals surface area (Å²) < 4.78 is 5.22. The van der Waals surface area contributed by atoms with Crippen LogP contribution in [0.1, 0.15) is 25.0 Å². The summed E-state index contributed by atoms with van der Waals surface area (Å²) >= 11 is 0. The standard InChI is InChI=1S/C20H25N5O2/c1-27-18-7-11-22-20(23-18)24-12-9-17-15(14-24)5-6-19(26)25(17)13-8-16-4-2-3-10-21-16/h2-4,7,10-11,15,17H,5-6,8-9,12-14H2,1H3/t15-,17+/m0/s1. The maximum atomic E-state index is 12.6. The van der Waals surface area contributed by atoms with E-state index in [4.69, 9.17) is 4.74 Å². The first-order valence-electron chi connectivity index (χ1n) is 9.56. The van der Waals surface area contributed by atoms with Crippen LogP contribution in [0.4, 0.5) is 5.95 Å². The summed E-state index contributed by atoms with van der Waals surface area (Å²) in [7, 11) is 1.62. The molecular weight excluding hydrogens is 342 g/mol. The molecule has 2 saturated heterocycles. The van der Waals surface area contributed by atoms with Crippen molar-refractivity contribution in [2.75, 3.05) is 31.6 Å². The summed E-state index contributed by atoms with van der Waals surface area (Å²) in [6.45, 7) is 2.47. The Balaban J connectivity index is 1.43. The van der Waals surface area contributed by atoms with Crippen molar-refractivity contribution in [3.8, 4) is 5.88 Å². The molecule has 0 bridgehead atoms. The van der Waals surface area contributed by atoms with Gasteiger partial charge in [0.05, 0.1) is 7.11 Å². The Hall–Kier alpha value is -2.70. The molecule has 1 amide bonds. The summed E-state index contributed by atoms with van der Waals surface area (Å²) in [6, 6.07) is 8.00. The van der Waals surface area contributed by atoms with Crippen LogP contribution in [-0.2, 0) is 11.2 Å². The SMILES string of the molecule is COc1ccnc(N2CC[C@@H]3[C@@H](CCC(=O)N3CCc3ccccn3)C2)n1. The van der Waals surface area contributed by atoms with Crippen molar-refractivity contribution in [1.82, 2.24) is 19.9 Å². The van der Waals surface area contributed by atoms with Crippen LogP contribution in [0.15, 0.2) is 36.7 Å². The molecule has 0 spiro atoms. The minimum atomic E-state index is 0.276. The number of carbonyl (C=O) groups is 1. The summed E-state index contributed by atoms with van der Waals surface area (Å²) in [5, 5.41) is 0. The second-order valence-electron chi connectivity index (χ2n) is 7.16. The van der Waals surface area contributed by atoms with Crippen molar-refractivity contribution in [3.63, 3.8) is 0 Å². The lowest BCUT2D eigenvalue weighted by molar-refractivity contribution is -0.139. The minimum Gasteiger partial charge on any atom is -0.481 e. The molecule has 0 radical (unpaired) electrons. The molecule has 4 heterocycles. The number of amides is 1. The van der Waals surface area contributed by atoms with Crippen molar-refractivity contribution < 1.29 is 9.53 Å². The molecule has 27 heavy (non-hydrogen) atoms. The number of rotatable bonds is 5. The molecule has 0 aliphatic carbocycles. The normalized spacial score (nSPS) is 22.5. The third-order valence-electron chi connectivity index (χ3n) is 5.59. The van der Waals surface area contributed by atoms with Gasteiger partial charge in [0.15, 0.2) is 0 Å². The number of aromatic nitrogens is 3. The van der Waals surface area contributed by atoms with Crippen LogP contribution in [0.25, 0.3) is 0 Å². The number of likely N-dealkylation sites (tertiary alicyclic amines) is 1. The van der Waals surface area contributed by atoms with E-state index in [9.17, 15) is 4.79 Å². The van der Waals surface area contributed by atoms with E-state index < -0.39 is 0 Å². The average Bonchev–Trinajstić information content (AvgIpc) is 2.73. The lowest BCUT2D eigenvalue weighted by Crippen LogP contribution is -2.56. The predicted molar refractivity (Wildman–Crippen MR) is 102 cm³/mol. The number of ether oxygens (including phenoxy) is 1. The quantitative estimate of drug-likeness (QED) is 0.804. The van der Waals surface area contributed by atoms with E-state index in [0.717, 1.165) is 44.6 Å². The summed E-state index contributed by atoms with van der Waals surface area (Å²) in [5.41, 5.74) is 1.04. The topological polar surface area (TPSA) is 71.5 Å². The highest BCUT2D eigenvalue weighted by molar-refractivity contribution is 5.77. The van der Waals surface area contributed by atoms with Gasteiger partial charge in [0.25, 0.3) is 0 Å². The molecular formula is C20H25N5O2. The second kappa shape index (κ2) is 7.90. The van der Waals surface area contributed by atoms with E-state index in [1.807, 2.05) is 24.4 Å². The van der Waals surface area contributed by atoms with Gasteiger partial charge >= 0.3 is 0 Å². The van der Waals surface area contributed by atoms with Crippen LogP contribution >= 0.6 is 0 Å². The Kier molecular flexibility index (Phi) is 5.18. The van der Waals surface area contributed by atoms with Gasteiger partial charge in [0, 0.05) is 62.7 Å². The number of hydrogen-bond acceptors (Lipinski definition) is 6. The van der Waals surface area contributed by atoms with E-state index in [-0.39, 0.29) is 5.91 Å². The molecule has 2 aliphatic rings. The first-order chi connectivity index (χ1) is 13.2. The van der Waals surface area contributed by atoms with Crippen LogP contribution in [0.3, 0.4) is 0 Å². The Morgan fingerprint density at radius 2 is 2.11 bits per heavy atom. The highest BCUT2D eigenvalue weighted by atomic mass is 16.5. The van der Waals surface area contributed by atoms with Crippen molar-refractivity contribution in [2.45, 2.75) is 31.7 Å². The molecule has 2 aliphatic heterocycles. The summed E-state index contributed by atoms with van der Waals surface area (Å²) in [5.74, 6) is 2.02. The number of fused-ring (bicyclic) bond motifs is 1. The molecule has 4 rings (SSSR count).